The molecule has 0 aromatic rings. The maximum Gasteiger partial charge on any atom is 0.0360 e. The summed E-state index contributed by atoms with van der Waals surface area (Å²) in [7, 11) is 1.99. The molecule has 0 spiro atoms. The van der Waals surface area contributed by atoms with E-state index < -0.39 is 0 Å². The molecule has 10 heavy (non-hydrogen) atoms. The Morgan fingerprint density at radius 1 is 1.70 bits per heavy atom. The molecule has 0 aromatic carbocycles. The van der Waals surface area contributed by atoms with Crippen molar-refractivity contribution in [2.75, 3.05) is 26.7 Å². The Labute approximate surface area is 62.6 Å². The van der Waals surface area contributed by atoms with E-state index in [1.807, 2.05) is 7.05 Å². The van der Waals surface area contributed by atoms with E-state index in [1.54, 1.807) is 0 Å². The van der Waals surface area contributed by atoms with E-state index in [0.717, 1.165) is 19.6 Å². The van der Waals surface area contributed by atoms with Crippen LogP contribution in [0.2, 0.25) is 0 Å². The van der Waals surface area contributed by atoms with Gasteiger partial charge in [-0.2, -0.15) is 0 Å². The number of piperazine rings is 1. The summed E-state index contributed by atoms with van der Waals surface area (Å²) in [6.45, 7) is 5.16. The van der Waals surface area contributed by atoms with Gasteiger partial charge in [-0.15, -0.1) is 0 Å². The Morgan fingerprint density at radius 2 is 2.50 bits per heavy atom. The molecule has 1 fully saturated rings. The van der Waals surface area contributed by atoms with Gasteiger partial charge in [-0.05, 0) is 14.0 Å². The normalized spacial score (nSPS) is 30.0. The first kappa shape index (κ1) is 7.98. The Hall–Kier alpha value is -0.120. The minimum Gasteiger partial charge on any atom is -0.316 e. The second kappa shape index (κ2) is 3.91. The van der Waals surface area contributed by atoms with Gasteiger partial charge < -0.3 is 10.6 Å². The Balaban J connectivity index is 2.24. The molecule has 2 atom stereocenters. The molecule has 0 saturated carbocycles. The van der Waals surface area contributed by atoms with Crippen molar-refractivity contribution >= 4 is 0 Å². The van der Waals surface area contributed by atoms with Crippen LogP contribution in [0.3, 0.4) is 0 Å². The van der Waals surface area contributed by atoms with Gasteiger partial charge in [0, 0.05) is 31.7 Å². The fraction of sp³-hybridized carbons (Fsp3) is 1.00. The van der Waals surface area contributed by atoms with Crippen molar-refractivity contribution in [1.82, 2.24) is 16.0 Å². The minimum atomic E-state index is 0.532. The second-order valence-corrected chi connectivity index (χ2v) is 2.77. The molecule has 1 rings (SSSR count). The van der Waals surface area contributed by atoms with Crippen LogP contribution >= 0.6 is 0 Å². The van der Waals surface area contributed by atoms with Gasteiger partial charge in [-0.1, -0.05) is 0 Å². The smallest absolute Gasteiger partial charge is 0.0360 e. The highest BCUT2D eigenvalue weighted by Crippen LogP contribution is 1.94. The predicted octanol–water partition coefficient (Wildman–Crippen LogP) is -0.829. The van der Waals surface area contributed by atoms with Gasteiger partial charge in [0.25, 0.3) is 0 Å². The lowest BCUT2D eigenvalue weighted by molar-refractivity contribution is 0.347. The van der Waals surface area contributed by atoms with Crippen molar-refractivity contribution in [3.63, 3.8) is 0 Å². The Kier molecular flexibility index (Phi) is 3.12. The summed E-state index contributed by atoms with van der Waals surface area (Å²) >= 11 is 0. The van der Waals surface area contributed by atoms with Crippen molar-refractivity contribution in [2.45, 2.75) is 19.0 Å². The highest BCUT2D eigenvalue weighted by Gasteiger charge is 2.17. The summed E-state index contributed by atoms with van der Waals surface area (Å²) in [5, 5.41) is 11.0. The Bertz CT molecular complexity index is 88.9. The minimum absolute atomic E-state index is 0.532. The van der Waals surface area contributed by atoms with Gasteiger partial charge in [0.05, 0.1) is 0 Å². The lowest BCUT2D eigenvalue weighted by Crippen LogP contribution is -2.54. The highest BCUT2D eigenvalue weighted by molar-refractivity contribution is 4.82. The number of nitrogens with zero attached hydrogens (tertiary/aromatic N) is 1. The fourth-order valence-corrected chi connectivity index (χ4v) is 1.16. The molecule has 0 aromatic heterocycles. The molecule has 1 heterocycles. The van der Waals surface area contributed by atoms with Gasteiger partial charge in [-0.25, -0.2) is 5.32 Å². The van der Waals surface area contributed by atoms with Gasteiger partial charge in [0.15, 0.2) is 0 Å². The molecule has 0 bridgehead atoms. The second-order valence-electron chi connectivity index (χ2n) is 2.77. The average molecular weight is 142 g/mol. The van der Waals surface area contributed by atoms with Crippen LogP contribution in [0.4, 0.5) is 0 Å². The summed E-state index contributed by atoms with van der Waals surface area (Å²) in [5.41, 5.74) is 0. The summed E-state index contributed by atoms with van der Waals surface area (Å²) in [5.74, 6) is 0. The van der Waals surface area contributed by atoms with E-state index in [-0.39, 0.29) is 0 Å². The monoisotopic (exact) mass is 142 g/mol. The number of rotatable bonds is 2. The molecule has 2 N–H and O–H groups in total. The molecule has 0 amide bonds. The molecule has 3 nitrogen and oxygen atoms in total. The molecular weight excluding hydrogens is 126 g/mol. The largest absolute Gasteiger partial charge is 0.316 e. The number of hydrogen-bond acceptors (Lipinski definition) is 2. The molecule has 0 aliphatic carbocycles. The molecule has 1 aliphatic heterocycles. The third kappa shape index (κ3) is 1.94. The number of hydrogen-bond donors (Lipinski definition) is 2. The van der Waals surface area contributed by atoms with Crippen LogP contribution in [0, 0.1) is 0 Å². The molecular formula is C7H16N3. The summed E-state index contributed by atoms with van der Waals surface area (Å²) in [4.78, 5) is 0. The summed E-state index contributed by atoms with van der Waals surface area (Å²) < 4.78 is 0. The van der Waals surface area contributed by atoms with Crippen molar-refractivity contribution in [2.24, 2.45) is 0 Å². The van der Waals surface area contributed by atoms with Crippen LogP contribution in [0.5, 0.6) is 0 Å². The van der Waals surface area contributed by atoms with Crippen molar-refractivity contribution in [1.29, 1.82) is 0 Å². The highest BCUT2D eigenvalue weighted by atomic mass is 15.1. The van der Waals surface area contributed by atoms with E-state index in [9.17, 15) is 0 Å². The lowest BCUT2D eigenvalue weighted by atomic mass is 10.1. The maximum absolute atomic E-state index is 4.33. The third-order valence-corrected chi connectivity index (χ3v) is 2.06. The maximum atomic E-state index is 4.33. The quantitative estimate of drug-likeness (QED) is 0.528. The zero-order valence-electron chi connectivity index (χ0n) is 6.72. The van der Waals surface area contributed by atoms with E-state index in [4.69, 9.17) is 0 Å². The first-order valence-corrected chi connectivity index (χ1v) is 3.88. The summed E-state index contributed by atoms with van der Waals surface area (Å²) in [6, 6.07) is 1.07. The van der Waals surface area contributed by atoms with Crippen LogP contribution in [-0.4, -0.2) is 38.8 Å². The van der Waals surface area contributed by atoms with E-state index in [2.05, 4.69) is 22.9 Å². The van der Waals surface area contributed by atoms with Crippen LogP contribution < -0.4 is 16.0 Å². The zero-order chi connectivity index (χ0) is 7.40. The van der Waals surface area contributed by atoms with Crippen molar-refractivity contribution in [3.8, 4) is 0 Å². The van der Waals surface area contributed by atoms with E-state index in [1.165, 1.54) is 0 Å². The first-order valence-electron chi connectivity index (χ1n) is 3.88. The van der Waals surface area contributed by atoms with Crippen LogP contribution in [0.1, 0.15) is 6.92 Å². The van der Waals surface area contributed by atoms with Gasteiger partial charge in [0.1, 0.15) is 0 Å². The van der Waals surface area contributed by atoms with Gasteiger partial charge in [-0.3, -0.25) is 0 Å². The van der Waals surface area contributed by atoms with Crippen LogP contribution in [0.15, 0.2) is 0 Å². The van der Waals surface area contributed by atoms with Crippen molar-refractivity contribution in [3.05, 3.63) is 0 Å². The fourth-order valence-electron chi connectivity index (χ4n) is 1.16. The first-order chi connectivity index (χ1) is 4.84. The lowest BCUT2D eigenvalue weighted by Gasteiger charge is -2.28. The molecule has 1 radical (unpaired) electrons. The molecule has 2 unspecified atom stereocenters. The Morgan fingerprint density at radius 3 is 3.00 bits per heavy atom. The number of likely N-dealkylation sites (N-methyl/N-ethyl adjacent to an activating group) is 1. The van der Waals surface area contributed by atoms with Crippen LogP contribution in [0.25, 0.3) is 0 Å². The summed E-state index contributed by atoms with van der Waals surface area (Å²) in [6.07, 6.45) is 0. The molecule has 59 valence electrons. The standard InChI is InChI=1S/C7H16N3/c1-6(8-2)7-5-9-3-4-10-7/h6-8,10H,3-5H2,1-2H3. The zero-order valence-corrected chi connectivity index (χ0v) is 6.72. The third-order valence-electron chi connectivity index (χ3n) is 2.06. The van der Waals surface area contributed by atoms with Gasteiger partial charge >= 0.3 is 0 Å². The molecule has 1 saturated heterocycles. The SMILES string of the molecule is CNC(C)C1C[N]CCN1. The van der Waals surface area contributed by atoms with E-state index >= 15 is 0 Å². The van der Waals surface area contributed by atoms with Crippen molar-refractivity contribution < 1.29 is 0 Å². The molecule has 1 aliphatic rings. The number of nitrogens with one attached hydrogen (secondary N) is 2. The topological polar surface area (TPSA) is 38.2 Å². The van der Waals surface area contributed by atoms with E-state index in [0.29, 0.717) is 12.1 Å². The van der Waals surface area contributed by atoms with Crippen LogP contribution in [-0.2, 0) is 0 Å². The average Bonchev–Trinajstić information content (AvgIpc) is 2.05. The molecule has 3 heteroatoms. The predicted molar refractivity (Wildman–Crippen MR) is 42.2 cm³/mol. The van der Waals surface area contributed by atoms with Gasteiger partial charge in [0.2, 0.25) is 0 Å².